The van der Waals surface area contributed by atoms with Crippen molar-refractivity contribution >= 4 is 28.1 Å². The van der Waals surface area contributed by atoms with Crippen molar-refractivity contribution in [3.63, 3.8) is 0 Å². The number of carbonyl (C=O) groups excluding carboxylic acids is 1. The number of carbonyl (C=O) groups is 1. The summed E-state index contributed by atoms with van der Waals surface area (Å²) >= 11 is 1.63. The number of hydrogen-bond donors (Lipinski definition) is 0. The second-order valence-corrected chi connectivity index (χ2v) is 9.65. The Kier molecular flexibility index (Phi) is 5.86. The first-order valence-electron chi connectivity index (χ1n) is 11.8. The number of rotatable bonds is 5. The number of aromatic nitrogens is 3. The van der Waals surface area contributed by atoms with Crippen LogP contribution in [0.5, 0.6) is 0 Å². The van der Waals surface area contributed by atoms with Crippen LogP contribution >= 0.6 is 11.3 Å². The Labute approximate surface area is 208 Å². The predicted octanol–water partition coefficient (Wildman–Crippen LogP) is 5.11. The van der Waals surface area contributed by atoms with Crippen LogP contribution in [0, 0.1) is 0 Å². The van der Waals surface area contributed by atoms with Crippen LogP contribution < -0.4 is 0 Å². The molecule has 1 aliphatic heterocycles. The average molecular weight is 480 g/mol. The van der Waals surface area contributed by atoms with Crippen LogP contribution in [0.2, 0.25) is 0 Å². The fourth-order valence-corrected chi connectivity index (χ4v) is 5.33. The lowest BCUT2D eigenvalue weighted by molar-refractivity contribution is 0.0620. The lowest BCUT2D eigenvalue weighted by Gasteiger charge is -2.34. The average Bonchev–Trinajstić information content (AvgIpc) is 3.60. The van der Waals surface area contributed by atoms with E-state index in [-0.39, 0.29) is 5.91 Å². The molecule has 0 bridgehead atoms. The van der Waals surface area contributed by atoms with Crippen molar-refractivity contribution in [3.8, 4) is 16.3 Å². The van der Waals surface area contributed by atoms with Gasteiger partial charge in [0, 0.05) is 44.3 Å². The molecule has 5 aromatic rings. The molecule has 0 radical (unpaired) electrons. The highest BCUT2D eigenvalue weighted by molar-refractivity contribution is 7.13. The van der Waals surface area contributed by atoms with Gasteiger partial charge in [0.1, 0.15) is 11.4 Å². The maximum atomic E-state index is 13.7. The summed E-state index contributed by atoms with van der Waals surface area (Å²) in [6.45, 7) is 3.86. The minimum absolute atomic E-state index is 0.0237. The first-order chi connectivity index (χ1) is 17.3. The molecule has 6 nitrogen and oxygen atoms in total. The molecule has 1 saturated heterocycles. The first kappa shape index (κ1) is 21.7. The summed E-state index contributed by atoms with van der Waals surface area (Å²) in [5, 5.41) is 7.99. The van der Waals surface area contributed by atoms with Crippen molar-refractivity contribution in [3.05, 3.63) is 102 Å². The standard InChI is InChI=1S/C28H25N5OS/c34-28(25-19-24(26-12-6-18-35-26)30-33(25)23-10-2-1-3-11-23)32-16-14-31(15-17-32)20-22-8-4-7-21-9-5-13-29-27(21)22/h1-13,18-19H,14-17,20H2. The zero-order chi connectivity index (χ0) is 23.6. The van der Waals surface area contributed by atoms with Gasteiger partial charge in [-0.2, -0.15) is 5.10 Å². The molecule has 2 aromatic carbocycles. The molecule has 3 aromatic heterocycles. The van der Waals surface area contributed by atoms with Crippen LogP contribution in [0.4, 0.5) is 0 Å². The van der Waals surface area contributed by atoms with Crippen LogP contribution in [-0.4, -0.2) is 56.7 Å². The normalized spacial score (nSPS) is 14.5. The van der Waals surface area contributed by atoms with Gasteiger partial charge in [-0.05, 0) is 41.3 Å². The van der Waals surface area contributed by atoms with Crippen molar-refractivity contribution in [2.24, 2.45) is 0 Å². The van der Waals surface area contributed by atoms with Gasteiger partial charge in [-0.1, -0.05) is 48.5 Å². The van der Waals surface area contributed by atoms with Crippen molar-refractivity contribution in [1.29, 1.82) is 0 Å². The summed E-state index contributed by atoms with van der Waals surface area (Å²) in [6, 6.07) is 26.3. The van der Waals surface area contributed by atoms with E-state index in [1.165, 1.54) is 5.56 Å². The minimum Gasteiger partial charge on any atom is -0.335 e. The SMILES string of the molecule is O=C(c1cc(-c2cccs2)nn1-c1ccccc1)N1CCN(Cc2cccc3cccnc23)CC1. The molecule has 0 saturated carbocycles. The molecule has 1 amide bonds. The lowest BCUT2D eigenvalue weighted by atomic mass is 10.1. The fourth-order valence-electron chi connectivity index (χ4n) is 4.65. The Bertz CT molecular complexity index is 1450. The number of amides is 1. The number of hydrogen-bond acceptors (Lipinski definition) is 5. The van der Waals surface area contributed by atoms with Gasteiger partial charge < -0.3 is 4.90 Å². The Morgan fingerprint density at radius 3 is 2.51 bits per heavy atom. The zero-order valence-electron chi connectivity index (χ0n) is 19.2. The van der Waals surface area contributed by atoms with E-state index < -0.39 is 0 Å². The van der Waals surface area contributed by atoms with E-state index in [1.54, 1.807) is 16.0 Å². The first-order valence-corrected chi connectivity index (χ1v) is 12.7. The van der Waals surface area contributed by atoms with E-state index >= 15 is 0 Å². The van der Waals surface area contributed by atoms with Crippen LogP contribution in [0.25, 0.3) is 27.2 Å². The van der Waals surface area contributed by atoms with E-state index in [9.17, 15) is 4.79 Å². The highest BCUT2D eigenvalue weighted by Crippen LogP contribution is 2.27. The molecule has 0 N–H and O–H groups in total. The molecular formula is C28H25N5OS. The summed E-state index contributed by atoms with van der Waals surface area (Å²) in [4.78, 5) is 23.7. The lowest BCUT2D eigenvalue weighted by Crippen LogP contribution is -2.48. The van der Waals surface area contributed by atoms with E-state index in [0.29, 0.717) is 18.8 Å². The molecule has 6 rings (SSSR count). The van der Waals surface area contributed by atoms with Crippen LogP contribution in [-0.2, 0) is 6.54 Å². The van der Waals surface area contributed by atoms with E-state index in [2.05, 4.69) is 34.1 Å². The third kappa shape index (κ3) is 4.36. The van der Waals surface area contributed by atoms with Crippen molar-refractivity contribution in [2.45, 2.75) is 6.54 Å². The molecule has 0 unspecified atom stereocenters. The summed E-state index contributed by atoms with van der Waals surface area (Å²) in [5.74, 6) is 0.0237. The maximum absolute atomic E-state index is 13.7. The predicted molar refractivity (Wildman–Crippen MR) is 140 cm³/mol. The number of para-hydroxylation sites is 2. The second-order valence-electron chi connectivity index (χ2n) is 8.70. The third-order valence-corrected chi connectivity index (χ3v) is 7.36. The largest absolute Gasteiger partial charge is 0.335 e. The van der Waals surface area contributed by atoms with Crippen molar-refractivity contribution in [1.82, 2.24) is 24.6 Å². The number of benzene rings is 2. The second kappa shape index (κ2) is 9.44. The Morgan fingerprint density at radius 2 is 1.71 bits per heavy atom. The summed E-state index contributed by atoms with van der Waals surface area (Å²) in [7, 11) is 0. The van der Waals surface area contributed by atoms with E-state index in [0.717, 1.165) is 46.8 Å². The quantitative estimate of drug-likeness (QED) is 0.352. The number of fused-ring (bicyclic) bond motifs is 1. The van der Waals surface area contributed by atoms with Gasteiger partial charge >= 0.3 is 0 Å². The van der Waals surface area contributed by atoms with E-state index in [1.807, 2.05) is 71.1 Å². The van der Waals surface area contributed by atoms with Crippen LogP contribution in [0.3, 0.4) is 0 Å². The number of nitrogens with zero attached hydrogens (tertiary/aromatic N) is 5. The summed E-state index contributed by atoms with van der Waals surface area (Å²) in [6.07, 6.45) is 1.85. The smallest absolute Gasteiger partial charge is 0.272 e. The molecule has 4 heterocycles. The van der Waals surface area contributed by atoms with Crippen LogP contribution in [0.1, 0.15) is 16.1 Å². The topological polar surface area (TPSA) is 54.3 Å². The van der Waals surface area contributed by atoms with Gasteiger partial charge in [-0.3, -0.25) is 14.7 Å². The Morgan fingerprint density at radius 1 is 0.886 bits per heavy atom. The third-order valence-electron chi connectivity index (χ3n) is 6.47. The van der Waals surface area contributed by atoms with Gasteiger partial charge in [0.25, 0.3) is 5.91 Å². The number of piperazine rings is 1. The van der Waals surface area contributed by atoms with Gasteiger partial charge in [-0.15, -0.1) is 11.3 Å². The molecule has 0 aliphatic carbocycles. The van der Waals surface area contributed by atoms with Crippen molar-refractivity contribution in [2.75, 3.05) is 26.2 Å². The molecule has 0 spiro atoms. The van der Waals surface area contributed by atoms with Crippen LogP contribution in [0.15, 0.2) is 90.4 Å². The Hall–Kier alpha value is -3.81. The molecule has 174 valence electrons. The fraction of sp³-hybridized carbons (Fsp3) is 0.179. The summed E-state index contributed by atoms with van der Waals surface area (Å²) < 4.78 is 1.78. The van der Waals surface area contributed by atoms with Gasteiger partial charge in [-0.25, -0.2) is 4.68 Å². The summed E-state index contributed by atoms with van der Waals surface area (Å²) in [5.41, 5.74) is 4.60. The molecule has 1 fully saturated rings. The number of thiophene rings is 1. The maximum Gasteiger partial charge on any atom is 0.272 e. The highest BCUT2D eigenvalue weighted by atomic mass is 32.1. The molecule has 1 aliphatic rings. The highest BCUT2D eigenvalue weighted by Gasteiger charge is 2.26. The molecule has 35 heavy (non-hydrogen) atoms. The monoisotopic (exact) mass is 479 g/mol. The van der Waals surface area contributed by atoms with Crippen molar-refractivity contribution < 1.29 is 4.79 Å². The Balaban J connectivity index is 1.21. The van der Waals surface area contributed by atoms with E-state index in [4.69, 9.17) is 5.10 Å². The molecular weight excluding hydrogens is 454 g/mol. The zero-order valence-corrected chi connectivity index (χ0v) is 20.1. The van der Waals surface area contributed by atoms with Gasteiger partial charge in [0.15, 0.2) is 0 Å². The molecule has 7 heteroatoms. The minimum atomic E-state index is 0.0237. The van der Waals surface area contributed by atoms with Gasteiger partial charge in [0.2, 0.25) is 0 Å². The molecule has 0 atom stereocenters. The van der Waals surface area contributed by atoms with Gasteiger partial charge in [0.05, 0.1) is 16.1 Å². The number of pyridine rings is 1.